The van der Waals surface area contributed by atoms with Crippen molar-refractivity contribution in [2.45, 2.75) is 39.0 Å². The van der Waals surface area contributed by atoms with Gasteiger partial charge in [-0.3, -0.25) is 9.59 Å². The smallest absolute Gasteiger partial charge is 0.324 e. The van der Waals surface area contributed by atoms with Gasteiger partial charge in [0.05, 0.1) is 20.3 Å². The molecule has 2 atom stereocenters. The topological polar surface area (TPSA) is 61.8 Å². The van der Waals surface area contributed by atoms with Crippen LogP contribution < -0.4 is 10.4 Å². The minimum Gasteiger partial charge on any atom is -0.468 e. The molecule has 0 saturated heterocycles. The highest BCUT2D eigenvalue weighted by atomic mass is 28.3. The maximum absolute atomic E-state index is 13.4. The molecule has 172 valence electrons. The van der Waals surface area contributed by atoms with E-state index in [1.165, 1.54) is 24.6 Å². The first-order valence-corrected chi connectivity index (χ1v) is 13.7. The lowest BCUT2D eigenvalue weighted by Gasteiger charge is -2.43. The van der Waals surface area contributed by atoms with Crippen LogP contribution in [0, 0.1) is 16.7 Å². The van der Waals surface area contributed by atoms with Gasteiger partial charge < -0.3 is 14.2 Å². The minimum absolute atomic E-state index is 0.282. The summed E-state index contributed by atoms with van der Waals surface area (Å²) >= 11 is 0. The van der Waals surface area contributed by atoms with Gasteiger partial charge in [0, 0.05) is 12.5 Å². The van der Waals surface area contributed by atoms with E-state index in [-0.39, 0.29) is 12.0 Å². The van der Waals surface area contributed by atoms with Gasteiger partial charge >= 0.3 is 11.9 Å². The van der Waals surface area contributed by atoms with Crippen LogP contribution in [0.15, 0.2) is 60.7 Å². The second-order valence-electron chi connectivity index (χ2n) is 9.44. The standard InChI is InChI=1S/C26H34O5Si/c1-25(2)22(29-3)17-19(26(25,23(27)30-4)24(28)31-5)18-32(6,20-13-9-7-10-14-20)21-15-11-8-12-16-21/h7-16,19,22H,17-18H2,1-6H3/t19-,22-/m1/s1. The number of carbonyl (C=O) groups is 2. The molecule has 6 heteroatoms. The van der Waals surface area contributed by atoms with E-state index in [9.17, 15) is 9.59 Å². The van der Waals surface area contributed by atoms with Crippen molar-refractivity contribution in [2.24, 2.45) is 16.7 Å². The molecule has 1 saturated carbocycles. The Morgan fingerprint density at radius 3 is 1.69 bits per heavy atom. The van der Waals surface area contributed by atoms with Crippen molar-refractivity contribution < 1.29 is 23.8 Å². The molecule has 2 aromatic rings. The second-order valence-corrected chi connectivity index (χ2v) is 13.7. The second kappa shape index (κ2) is 9.20. The predicted molar refractivity (Wildman–Crippen MR) is 128 cm³/mol. The van der Waals surface area contributed by atoms with Gasteiger partial charge in [-0.25, -0.2) is 0 Å². The first-order chi connectivity index (χ1) is 15.2. The van der Waals surface area contributed by atoms with Gasteiger partial charge in [0.1, 0.15) is 8.07 Å². The van der Waals surface area contributed by atoms with Gasteiger partial charge in [-0.05, 0) is 18.4 Å². The lowest BCUT2D eigenvalue weighted by atomic mass is 9.63. The van der Waals surface area contributed by atoms with Crippen molar-refractivity contribution in [3.63, 3.8) is 0 Å². The average Bonchev–Trinajstić information content (AvgIpc) is 3.05. The number of rotatable bonds is 7. The molecule has 32 heavy (non-hydrogen) atoms. The molecule has 2 aromatic carbocycles. The van der Waals surface area contributed by atoms with E-state index in [4.69, 9.17) is 14.2 Å². The zero-order valence-electron chi connectivity index (χ0n) is 19.9. The third kappa shape index (κ3) is 3.59. The number of methoxy groups -OCH3 is 3. The summed E-state index contributed by atoms with van der Waals surface area (Å²) < 4.78 is 16.4. The Morgan fingerprint density at radius 1 is 0.875 bits per heavy atom. The van der Waals surface area contributed by atoms with Gasteiger partial charge in [-0.1, -0.05) is 91.4 Å². The predicted octanol–water partition coefficient (Wildman–Crippen LogP) is 3.27. The van der Waals surface area contributed by atoms with Crippen molar-refractivity contribution >= 4 is 30.4 Å². The summed E-state index contributed by atoms with van der Waals surface area (Å²) in [5, 5.41) is 2.52. The Morgan fingerprint density at radius 2 is 1.31 bits per heavy atom. The molecule has 0 radical (unpaired) electrons. The maximum atomic E-state index is 13.4. The first kappa shape index (κ1) is 24.2. The Bertz CT molecular complexity index is 886. The SMILES string of the molecule is COC(=O)C1(C(=O)OC)[C@@H](C[Si](C)(c2ccccc2)c2ccccc2)C[C@@H](OC)C1(C)C. The van der Waals surface area contributed by atoms with Crippen LogP contribution in [0.2, 0.25) is 12.6 Å². The molecular weight excluding hydrogens is 420 g/mol. The van der Waals surface area contributed by atoms with Gasteiger partial charge in [0.15, 0.2) is 5.41 Å². The fourth-order valence-corrected chi connectivity index (χ4v) is 10.0. The zero-order chi connectivity index (χ0) is 23.6. The third-order valence-corrected chi connectivity index (χ3v) is 12.2. The first-order valence-electron chi connectivity index (χ1n) is 11.0. The molecule has 0 amide bonds. The average molecular weight is 455 g/mol. The highest BCUT2D eigenvalue weighted by molar-refractivity contribution is 7.01. The number of benzene rings is 2. The van der Waals surface area contributed by atoms with Crippen LogP contribution in [0.5, 0.6) is 0 Å². The van der Waals surface area contributed by atoms with E-state index in [1.54, 1.807) is 7.11 Å². The van der Waals surface area contributed by atoms with E-state index in [0.717, 1.165) is 0 Å². The zero-order valence-corrected chi connectivity index (χ0v) is 20.9. The van der Waals surface area contributed by atoms with Crippen LogP contribution in [0.1, 0.15) is 20.3 Å². The molecule has 0 unspecified atom stereocenters. The number of hydrogen-bond donors (Lipinski definition) is 0. The van der Waals surface area contributed by atoms with Crippen molar-refractivity contribution in [1.29, 1.82) is 0 Å². The number of esters is 2. The quantitative estimate of drug-likeness (QED) is 0.365. The highest BCUT2D eigenvalue weighted by Crippen LogP contribution is 2.60. The van der Waals surface area contributed by atoms with Crippen LogP contribution in [0.25, 0.3) is 0 Å². The van der Waals surface area contributed by atoms with E-state index in [1.807, 2.05) is 50.2 Å². The van der Waals surface area contributed by atoms with Gasteiger partial charge in [0.25, 0.3) is 0 Å². The van der Waals surface area contributed by atoms with Crippen LogP contribution in [0.4, 0.5) is 0 Å². The van der Waals surface area contributed by atoms with Gasteiger partial charge in [0.2, 0.25) is 0 Å². The lowest BCUT2D eigenvalue weighted by Crippen LogP contribution is -2.60. The minimum atomic E-state index is -2.35. The summed E-state index contributed by atoms with van der Waals surface area (Å²) in [6.07, 6.45) is 0.297. The molecule has 3 rings (SSSR count). The summed E-state index contributed by atoms with van der Waals surface area (Å²) in [5.41, 5.74) is -2.25. The molecule has 0 aliphatic heterocycles. The molecule has 0 bridgehead atoms. The molecule has 1 aliphatic carbocycles. The Balaban J connectivity index is 2.22. The summed E-state index contributed by atoms with van der Waals surface area (Å²) in [6, 6.07) is 21.5. The summed E-state index contributed by atoms with van der Waals surface area (Å²) in [6.45, 7) is 6.14. The van der Waals surface area contributed by atoms with Crippen molar-refractivity contribution in [3.05, 3.63) is 60.7 Å². The molecular formula is C26H34O5Si. The summed E-state index contributed by atoms with van der Waals surface area (Å²) in [7, 11) is 1.97. The fraction of sp³-hybridized carbons (Fsp3) is 0.462. The monoisotopic (exact) mass is 454 g/mol. The molecule has 1 aliphatic rings. The number of hydrogen-bond acceptors (Lipinski definition) is 5. The molecule has 0 aromatic heterocycles. The van der Waals surface area contributed by atoms with E-state index in [2.05, 4.69) is 30.8 Å². The van der Waals surface area contributed by atoms with Crippen LogP contribution in [-0.2, 0) is 23.8 Å². The molecule has 1 fully saturated rings. The van der Waals surface area contributed by atoms with Crippen molar-refractivity contribution in [3.8, 4) is 0 Å². The fourth-order valence-electron chi connectivity index (χ4n) is 5.91. The van der Waals surface area contributed by atoms with Crippen molar-refractivity contribution in [1.82, 2.24) is 0 Å². The lowest BCUT2D eigenvalue weighted by molar-refractivity contribution is -0.183. The number of carbonyl (C=O) groups excluding carboxylic acids is 2. The summed E-state index contributed by atoms with van der Waals surface area (Å²) in [4.78, 5) is 26.8. The molecule has 5 nitrogen and oxygen atoms in total. The molecule has 0 spiro atoms. The van der Waals surface area contributed by atoms with Crippen LogP contribution in [0.3, 0.4) is 0 Å². The molecule has 0 heterocycles. The largest absolute Gasteiger partial charge is 0.468 e. The van der Waals surface area contributed by atoms with E-state index < -0.39 is 30.8 Å². The van der Waals surface area contributed by atoms with Gasteiger partial charge in [-0.15, -0.1) is 0 Å². The normalized spacial score (nSPS) is 21.7. The van der Waals surface area contributed by atoms with E-state index in [0.29, 0.717) is 12.5 Å². The van der Waals surface area contributed by atoms with Crippen LogP contribution in [-0.4, -0.2) is 47.4 Å². The van der Waals surface area contributed by atoms with Crippen molar-refractivity contribution in [2.75, 3.05) is 21.3 Å². The number of ether oxygens (including phenoxy) is 3. The Kier molecular flexibility index (Phi) is 6.96. The van der Waals surface area contributed by atoms with Crippen LogP contribution >= 0.6 is 0 Å². The Labute approximate surface area is 192 Å². The summed E-state index contributed by atoms with van der Waals surface area (Å²) in [5.74, 6) is -1.38. The maximum Gasteiger partial charge on any atom is 0.324 e. The van der Waals surface area contributed by atoms with E-state index >= 15 is 0 Å². The highest BCUT2D eigenvalue weighted by Gasteiger charge is 2.71. The van der Waals surface area contributed by atoms with Gasteiger partial charge in [-0.2, -0.15) is 0 Å². The molecule has 0 N–H and O–H groups in total. The Hall–Kier alpha value is -2.44. The third-order valence-electron chi connectivity index (χ3n) is 7.71.